The van der Waals surface area contributed by atoms with Gasteiger partial charge in [0, 0.05) is 19.6 Å². The average molecular weight is 411 g/mol. The van der Waals surface area contributed by atoms with Gasteiger partial charge in [0.05, 0.1) is 6.26 Å². The van der Waals surface area contributed by atoms with Crippen LogP contribution in [0.3, 0.4) is 0 Å². The van der Waals surface area contributed by atoms with Gasteiger partial charge in [0.1, 0.15) is 5.60 Å². The lowest BCUT2D eigenvalue weighted by atomic mass is 10.1. The van der Waals surface area contributed by atoms with E-state index in [2.05, 4.69) is 10.0 Å². The zero-order valence-electron chi connectivity index (χ0n) is 15.9. The number of hydrogen-bond donors (Lipinski definition) is 3. The van der Waals surface area contributed by atoms with Crippen LogP contribution in [0.2, 0.25) is 0 Å². The molecule has 0 saturated carbocycles. The molecule has 8 nitrogen and oxygen atoms in total. The average Bonchev–Trinajstić information content (AvgIpc) is 3.15. The van der Waals surface area contributed by atoms with Crippen LogP contribution in [-0.4, -0.2) is 70.5 Å². The third-order valence-corrected chi connectivity index (χ3v) is 4.76. The van der Waals surface area contributed by atoms with Gasteiger partial charge in [-0.3, -0.25) is 0 Å². The molecule has 0 aliphatic carbocycles. The summed E-state index contributed by atoms with van der Waals surface area (Å²) in [7, 11) is -2.99. The molecule has 2 aliphatic rings. The van der Waals surface area contributed by atoms with Crippen molar-refractivity contribution in [3.8, 4) is 0 Å². The third-order valence-electron chi connectivity index (χ3n) is 4.07. The minimum atomic E-state index is -2.99. The van der Waals surface area contributed by atoms with Crippen molar-refractivity contribution in [2.24, 2.45) is 17.6 Å². The maximum Gasteiger partial charge on any atom is 0.410 e. The van der Waals surface area contributed by atoms with Crippen LogP contribution in [0.1, 0.15) is 48.5 Å². The van der Waals surface area contributed by atoms with Gasteiger partial charge < -0.3 is 20.7 Å². The summed E-state index contributed by atoms with van der Waals surface area (Å²) in [6.07, 6.45) is 3.04. The second kappa shape index (κ2) is 12.5. The van der Waals surface area contributed by atoms with Gasteiger partial charge in [-0.1, -0.05) is 14.9 Å². The number of likely N-dealkylation sites (tertiary alicyclic amines) is 1. The smallest absolute Gasteiger partial charge is 0.410 e. The molecular formula is C18H42N4O4S. The highest BCUT2D eigenvalue weighted by molar-refractivity contribution is 7.88. The monoisotopic (exact) mass is 410 g/mol. The van der Waals surface area contributed by atoms with Crippen LogP contribution in [0.4, 0.5) is 4.79 Å². The summed E-state index contributed by atoms with van der Waals surface area (Å²) < 4.78 is 29.1. The van der Waals surface area contributed by atoms with Crippen molar-refractivity contribution in [1.29, 1.82) is 0 Å². The Bertz CT molecular complexity index is 514. The molecule has 27 heavy (non-hydrogen) atoms. The summed E-state index contributed by atoms with van der Waals surface area (Å²) in [5.41, 5.74) is 5.14. The van der Waals surface area contributed by atoms with Gasteiger partial charge >= 0.3 is 6.09 Å². The maximum absolute atomic E-state index is 11.6. The number of nitrogens with two attached hydrogens (primary N) is 1. The van der Waals surface area contributed by atoms with Crippen LogP contribution in [-0.2, 0) is 14.8 Å². The summed E-state index contributed by atoms with van der Waals surface area (Å²) >= 11 is 0. The second-order valence-electron chi connectivity index (χ2n) is 7.80. The number of carbonyl (C=O) groups excluding carboxylic acids is 1. The number of nitrogens with zero attached hydrogens (tertiary/aromatic N) is 1. The number of amides is 1. The molecule has 2 saturated heterocycles. The van der Waals surface area contributed by atoms with Gasteiger partial charge in [0.25, 0.3) is 0 Å². The van der Waals surface area contributed by atoms with E-state index in [-0.39, 0.29) is 20.9 Å². The first-order chi connectivity index (χ1) is 11.5. The highest BCUT2D eigenvalue weighted by atomic mass is 32.2. The molecule has 0 aromatic rings. The van der Waals surface area contributed by atoms with E-state index in [0.29, 0.717) is 24.9 Å². The second-order valence-corrected chi connectivity index (χ2v) is 9.63. The molecule has 2 aliphatic heterocycles. The van der Waals surface area contributed by atoms with E-state index >= 15 is 0 Å². The highest BCUT2D eigenvalue weighted by Crippen LogP contribution is 2.18. The summed E-state index contributed by atoms with van der Waals surface area (Å²) in [5, 5.41) is 3.17. The van der Waals surface area contributed by atoms with Crippen LogP contribution < -0.4 is 15.8 Å². The summed E-state index contributed by atoms with van der Waals surface area (Å²) in [6.45, 7) is 10.3. The Morgan fingerprint density at radius 1 is 1.26 bits per heavy atom. The number of sulfonamides is 1. The maximum atomic E-state index is 11.6. The SMILES string of the molecule is C.C.CC(C)(C)OC(=O)N1CCC(CN)C1.CS(=O)(=O)NCC1CCNC1. The van der Waals surface area contributed by atoms with Crippen LogP contribution in [0.25, 0.3) is 0 Å². The Balaban J connectivity index is 0. The van der Waals surface area contributed by atoms with Gasteiger partial charge in [0.2, 0.25) is 10.0 Å². The number of nitrogens with one attached hydrogen (secondary N) is 2. The fourth-order valence-electron chi connectivity index (χ4n) is 2.68. The lowest BCUT2D eigenvalue weighted by Gasteiger charge is -2.24. The Hall–Kier alpha value is -0.900. The number of rotatable bonds is 4. The van der Waals surface area contributed by atoms with Crippen LogP contribution in [0.15, 0.2) is 0 Å². The quantitative estimate of drug-likeness (QED) is 0.649. The van der Waals surface area contributed by atoms with Gasteiger partial charge in [-0.15, -0.1) is 0 Å². The van der Waals surface area contributed by atoms with Gasteiger partial charge in [0.15, 0.2) is 0 Å². The van der Waals surface area contributed by atoms with E-state index in [4.69, 9.17) is 10.5 Å². The first-order valence-corrected chi connectivity index (χ1v) is 10.7. The molecule has 0 aromatic carbocycles. The van der Waals surface area contributed by atoms with Crippen molar-refractivity contribution < 1.29 is 17.9 Å². The van der Waals surface area contributed by atoms with Crippen LogP contribution >= 0.6 is 0 Å². The van der Waals surface area contributed by atoms with Crippen molar-refractivity contribution >= 4 is 16.1 Å². The Labute approximate surface area is 166 Å². The van der Waals surface area contributed by atoms with E-state index < -0.39 is 15.6 Å². The minimum Gasteiger partial charge on any atom is -0.444 e. The topological polar surface area (TPSA) is 114 Å². The first-order valence-electron chi connectivity index (χ1n) is 8.83. The summed E-state index contributed by atoms with van der Waals surface area (Å²) in [6, 6.07) is 0. The van der Waals surface area contributed by atoms with Crippen LogP contribution in [0.5, 0.6) is 0 Å². The molecule has 9 heteroatoms. The molecule has 0 spiro atoms. The fraction of sp³-hybridized carbons (Fsp3) is 0.944. The zero-order valence-corrected chi connectivity index (χ0v) is 16.7. The van der Waals surface area contributed by atoms with Crippen molar-refractivity contribution in [3.63, 3.8) is 0 Å². The predicted octanol–water partition coefficient (Wildman–Crippen LogP) is 1.62. The largest absolute Gasteiger partial charge is 0.444 e. The number of carbonyl (C=O) groups is 1. The molecule has 2 rings (SSSR count). The summed E-state index contributed by atoms with van der Waals surface area (Å²) in [4.78, 5) is 13.3. The highest BCUT2D eigenvalue weighted by Gasteiger charge is 2.28. The Morgan fingerprint density at radius 3 is 2.30 bits per heavy atom. The molecule has 4 N–H and O–H groups in total. The van der Waals surface area contributed by atoms with Gasteiger partial charge in [-0.05, 0) is 65.1 Å². The van der Waals surface area contributed by atoms with Gasteiger partial charge in [-0.2, -0.15) is 0 Å². The minimum absolute atomic E-state index is 0. The van der Waals surface area contributed by atoms with E-state index in [0.717, 1.165) is 39.0 Å². The molecule has 0 bridgehead atoms. The van der Waals surface area contributed by atoms with E-state index in [1.807, 2.05) is 20.8 Å². The molecule has 2 unspecified atom stereocenters. The Morgan fingerprint density at radius 2 is 1.89 bits per heavy atom. The molecule has 2 fully saturated rings. The lowest BCUT2D eigenvalue weighted by molar-refractivity contribution is 0.0289. The van der Waals surface area contributed by atoms with E-state index in [1.165, 1.54) is 6.26 Å². The van der Waals surface area contributed by atoms with Crippen LogP contribution in [0, 0.1) is 11.8 Å². The Kier molecular flexibility index (Phi) is 13.1. The molecule has 2 heterocycles. The predicted molar refractivity (Wildman–Crippen MR) is 112 cm³/mol. The molecule has 164 valence electrons. The van der Waals surface area contributed by atoms with Gasteiger partial charge in [-0.25, -0.2) is 17.9 Å². The molecule has 1 amide bonds. The molecule has 0 radical (unpaired) electrons. The summed E-state index contributed by atoms with van der Waals surface area (Å²) in [5.74, 6) is 0.923. The van der Waals surface area contributed by atoms with Crippen molar-refractivity contribution in [3.05, 3.63) is 0 Å². The molecular weight excluding hydrogens is 368 g/mol. The van der Waals surface area contributed by atoms with Crippen molar-refractivity contribution in [1.82, 2.24) is 14.9 Å². The number of ether oxygens (including phenoxy) is 1. The standard InChI is InChI=1S/C10H20N2O2.C6H14N2O2S.2CH4/c1-10(2,3)14-9(13)12-5-4-8(6-11)7-12;1-11(9,10)8-5-6-2-3-7-4-6;;/h8H,4-7,11H2,1-3H3;6-8H,2-5H2,1H3;2*1H4. The third kappa shape index (κ3) is 13.0. The fourth-order valence-corrected chi connectivity index (χ4v) is 3.21. The lowest BCUT2D eigenvalue weighted by Crippen LogP contribution is -2.35. The van der Waals surface area contributed by atoms with E-state index in [1.54, 1.807) is 4.90 Å². The first kappa shape index (κ1) is 28.3. The van der Waals surface area contributed by atoms with E-state index in [9.17, 15) is 13.2 Å². The molecule has 2 atom stereocenters. The van der Waals surface area contributed by atoms with Crippen molar-refractivity contribution in [2.45, 2.75) is 54.1 Å². The number of hydrogen-bond acceptors (Lipinski definition) is 6. The zero-order chi connectivity index (χ0) is 19.1. The van der Waals surface area contributed by atoms with Crippen molar-refractivity contribution in [2.75, 3.05) is 45.5 Å². The molecule has 0 aromatic heterocycles. The normalized spacial score (nSPS) is 22.2.